The minimum atomic E-state index is -0.397. The van der Waals surface area contributed by atoms with Crippen LogP contribution < -0.4 is 5.73 Å². The normalized spacial score (nSPS) is 12.4. The molecule has 0 radical (unpaired) electrons. The van der Waals surface area contributed by atoms with Gasteiger partial charge in [-0.2, -0.15) is 0 Å². The Morgan fingerprint density at radius 2 is 2.12 bits per heavy atom. The summed E-state index contributed by atoms with van der Waals surface area (Å²) in [5.74, 6) is -0.397. The summed E-state index contributed by atoms with van der Waals surface area (Å²) in [7, 11) is 0. The maximum atomic E-state index is 13.2. The first-order valence-corrected chi connectivity index (χ1v) is 6.34. The number of halogens is 2. The topological polar surface area (TPSA) is 26.0 Å². The summed E-state index contributed by atoms with van der Waals surface area (Å²) < 4.78 is 13.2. The van der Waals surface area contributed by atoms with E-state index >= 15 is 0 Å². The Morgan fingerprint density at radius 3 is 2.76 bits per heavy atom. The van der Waals surface area contributed by atoms with Gasteiger partial charge in [0.2, 0.25) is 0 Å². The molecule has 1 aromatic carbocycles. The third-order valence-electron chi connectivity index (χ3n) is 2.80. The molecule has 0 amide bonds. The lowest BCUT2D eigenvalue weighted by atomic mass is 10.0. The van der Waals surface area contributed by atoms with Crippen LogP contribution in [0, 0.1) is 5.82 Å². The molecule has 17 heavy (non-hydrogen) atoms. The number of allylic oxidation sites excluding steroid dienone is 1. The van der Waals surface area contributed by atoms with E-state index in [1.54, 1.807) is 12.1 Å². The molecule has 0 spiro atoms. The summed E-state index contributed by atoms with van der Waals surface area (Å²) in [6, 6.07) is 4.67. The summed E-state index contributed by atoms with van der Waals surface area (Å²) in [5.41, 5.74) is 6.81. The van der Waals surface area contributed by atoms with Crippen LogP contribution in [0.2, 0.25) is 5.02 Å². The zero-order valence-corrected chi connectivity index (χ0v) is 10.7. The van der Waals surface area contributed by atoms with Crippen LogP contribution in [0.5, 0.6) is 0 Å². The molecular weight excluding hydrogens is 237 g/mol. The maximum absolute atomic E-state index is 13.2. The van der Waals surface area contributed by atoms with E-state index in [9.17, 15) is 4.39 Å². The molecule has 1 rings (SSSR count). The summed E-state index contributed by atoms with van der Waals surface area (Å²) in [6.45, 7) is 3.68. The van der Waals surface area contributed by atoms with Gasteiger partial charge in [0.15, 0.2) is 0 Å². The molecule has 1 atom stereocenters. The molecule has 1 nitrogen and oxygen atoms in total. The van der Waals surface area contributed by atoms with Crippen molar-refractivity contribution in [2.75, 3.05) is 0 Å². The fourth-order valence-corrected chi connectivity index (χ4v) is 1.86. The third-order valence-corrected chi connectivity index (χ3v) is 3.10. The standard InChI is InChI=1S/C14H19ClFN/c1-2-3-4-5-6-7-14(17)11-8-9-12(15)13(16)10-11/h2,8-10,14H,1,3-7,17H2. The molecule has 3 heteroatoms. The second-order valence-electron chi connectivity index (χ2n) is 4.21. The van der Waals surface area contributed by atoms with E-state index in [1.165, 1.54) is 6.07 Å². The van der Waals surface area contributed by atoms with Crippen LogP contribution >= 0.6 is 11.6 Å². The van der Waals surface area contributed by atoms with E-state index in [4.69, 9.17) is 17.3 Å². The van der Waals surface area contributed by atoms with Gasteiger partial charge in [0.05, 0.1) is 5.02 Å². The van der Waals surface area contributed by atoms with Gasteiger partial charge in [0, 0.05) is 6.04 Å². The minimum absolute atomic E-state index is 0.106. The van der Waals surface area contributed by atoms with Crippen molar-refractivity contribution in [3.63, 3.8) is 0 Å². The molecule has 1 unspecified atom stereocenters. The lowest BCUT2D eigenvalue weighted by molar-refractivity contribution is 0.565. The van der Waals surface area contributed by atoms with Crippen molar-refractivity contribution < 1.29 is 4.39 Å². The molecule has 0 bridgehead atoms. The second kappa shape index (κ2) is 7.46. The Labute approximate surface area is 107 Å². The Bertz CT molecular complexity index is 365. The van der Waals surface area contributed by atoms with Crippen LogP contribution in [0.3, 0.4) is 0 Å². The highest BCUT2D eigenvalue weighted by molar-refractivity contribution is 6.30. The van der Waals surface area contributed by atoms with Gasteiger partial charge in [-0.3, -0.25) is 0 Å². The zero-order chi connectivity index (χ0) is 12.7. The number of nitrogens with two attached hydrogens (primary N) is 1. The first-order chi connectivity index (χ1) is 8.15. The number of benzene rings is 1. The summed E-state index contributed by atoms with van der Waals surface area (Å²) in [5, 5.41) is 0.145. The van der Waals surface area contributed by atoms with E-state index in [1.807, 2.05) is 6.08 Å². The average molecular weight is 256 g/mol. The van der Waals surface area contributed by atoms with Crippen molar-refractivity contribution in [2.45, 2.75) is 38.1 Å². The molecule has 0 heterocycles. The van der Waals surface area contributed by atoms with Gasteiger partial charge in [0.25, 0.3) is 0 Å². The van der Waals surface area contributed by atoms with Gasteiger partial charge in [-0.15, -0.1) is 6.58 Å². The van der Waals surface area contributed by atoms with Crippen LogP contribution in [0.15, 0.2) is 30.9 Å². The fraction of sp³-hybridized carbons (Fsp3) is 0.429. The van der Waals surface area contributed by atoms with Gasteiger partial charge in [-0.1, -0.05) is 36.6 Å². The lowest BCUT2D eigenvalue weighted by Crippen LogP contribution is -2.10. The molecule has 0 aliphatic heterocycles. The van der Waals surface area contributed by atoms with Crippen LogP contribution in [0.25, 0.3) is 0 Å². The van der Waals surface area contributed by atoms with E-state index in [2.05, 4.69) is 6.58 Å². The number of hydrogen-bond donors (Lipinski definition) is 1. The van der Waals surface area contributed by atoms with E-state index in [-0.39, 0.29) is 11.1 Å². The maximum Gasteiger partial charge on any atom is 0.142 e. The van der Waals surface area contributed by atoms with Crippen LogP contribution in [0.1, 0.15) is 43.7 Å². The largest absolute Gasteiger partial charge is 0.324 e. The van der Waals surface area contributed by atoms with E-state index in [0.717, 1.165) is 37.7 Å². The summed E-state index contributed by atoms with van der Waals surface area (Å²) in [4.78, 5) is 0. The predicted molar refractivity (Wildman–Crippen MR) is 71.6 cm³/mol. The van der Waals surface area contributed by atoms with Crippen molar-refractivity contribution in [1.82, 2.24) is 0 Å². The highest BCUT2D eigenvalue weighted by Crippen LogP contribution is 2.22. The lowest BCUT2D eigenvalue weighted by Gasteiger charge is -2.12. The smallest absolute Gasteiger partial charge is 0.142 e. The second-order valence-corrected chi connectivity index (χ2v) is 4.61. The Morgan fingerprint density at radius 1 is 1.35 bits per heavy atom. The van der Waals surface area contributed by atoms with Crippen LogP contribution in [0.4, 0.5) is 4.39 Å². The molecule has 2 N–H and O–H groups in total. The van der Waals surface area contributed by atoms with Gasteiger partial charge in [-0.05, 0) is 37.0 Å². The van der Waals surface area contributed by atoms with E-state index < -0.39 is 5.82 Å². The fourth-order valence-electron chi connectivity index (χ4n) is 1.74. The highest BCUT2D eigenvalue weighted by Gasteiger charge is 2.08. The quantitative estimate of drug-likeness (QED) is 0.559. The van der Waals surface area contributed by atoms with Crippen molar-refractivity contribution in [3.8, 4) is 0 Å². The van der Waals surface area contributed by atoms with Crippen molar-refractivity contribution >= 4 is 11.6 Å². The summed E-state index contributed by atoms with van der Waals surface area (Å²) in [6.07, 6.45) is 7.18. The summed E-state index contributed by atoms with van der Waals surface area (Å²) >= 11 is 5.62. The molecule has 0 aromatic heterocycles. The first-order valence-electron chi connectivity index (χ1n) is 5.96. The molecule has 0 saturated heterocycles. The molecule has 0 aliphatic carbocycles. The van der Waals surface area contributed by atoms with Gasteiger partial charge in [-0.25, -0.2) is 4.39 Å². The van der Waals surface area contributed by atoms with Crippen LogP contribution in [-0.4, -0.2) is 0 Å². The molecule has 94 valence electrons. The number of unbranched alkanes of at least 4 members (excludes halogenated alkanes) is 3. The van der Waals surface area contributed by atoms with Crippen molar-refractivity contribution in [1.29, 1.82) is 0 Å². The van der Waals surface area contributed by atoms with Gasteiger partial charge >= 0.3 is 0 Å². The Kier molecular flexibility index (Phi) is 6.23. The predicted octanol–water partition coefficient (Wildman–Crippen LogP) is 4.62. The monoisotopic (exact) mass is 255 g/mol. The van der Waals surface area contributed by atoms with E-state index in [0.29, 0.717) is 0 Å². The third kappa shape index (κ3) is 4.88. The SMILES string of the molecule is C=CCCCCCC(N)c1ccc(Cl)c(F)c1. The van der Waals surface area contributed by atoms with Crippen molar-refractivity contribution in [2.24, 2.45) is 5.73 Å². The zero-order valence-electron chi connectivity index (χ0n) is 9.96. The Balaban J connectivity index is 2.38. The number of hydrogen-bond acceptors (Lipinski definition) is 1. The molecule has 0 aliphatic rings. The Hall–Kier alpha value is -0.860. The molecule has 0 saturated carbocycles. The highest BCUT2D eigenvalue weighted by atomic mass is 35.5. The van der Waals surface area contributed by atoms with Crippen molar-refractivity contribution in [3.05, 3.63) is 47.3 Å². The van der Waals surface area contributed by atoms with Gasteiger partial charge in [0.1, 0.15) is 5.82 Å². The first kappa shape index (κ1) is 14.2. The molecular formula is C14H19ClFN. The molecule has 0 fully saturated rings. The number of rotatable bonds is 7. The minimum Gasteiger partial charge on any atom is -0.324 e. The average Bonchev–Trinajstić information content (AvgIpc) is 2.32. The molecule has 1 aromatic rings. The van der Waals surface area contributed by atoms with Gasteiger partial charge < -0.3 is 5.73 Å². The van der Waals surface area contributed by atoms with Crippen LogP contribution in [-0.2, 0) is 0 Å².